The number of pyridine rings is 1. The molecule has 2 aromatic rings. The van der Waals surface area contributed by atoms with E-state index in [0.717, 1.165) is 29.5 Å². The number of hydrogen-bond donors (Lipinski definition) is 0. The average molecular weight is 474 g/mol. The predicted molar refractivity (Wildman–Crippen MR) is 111 cm³/mol. The molecule has 1 fully saturated rings. The van der Waals surface area contributed by atoms with E-state index in [9.17, 15) is 26.4 Å². The van der Waals surface area contributed by atoms with Crippen LogP contribution in [0.2, 0.25) is 0 Å². The molecule has 11 heteroatoms. The van der Waals surface area contributed by atoms with Gasteiger partial charge in [-0.05, 0) is 30.5 Å². The molecule has 0 unspecified atom stereocenters. The summed E-state index contributed by atoms with van der Waals surface area (Å²) in [6, 6.07) is 11.3. The van der Waals surface area contributed by atoms with Crippen molar-refractivity contribution in [1.29, 1.82) is 0 Å². The Morgan fingerprint density at radius 2 is 1.77 bits per heavy atom. The molecule has 0 bridgehead atoms. The van der Waals surface area contributed by atoms with Gasteiger partial charge in [-0.3, -0.25) is 4.79 Å². The second kappa shape index (κ2) is 10.0. The van der Waals surface area contributed by atoms with Crippen LogP contribution in [0.1, 0.15) is 18.4 Å². The van der Waals surface area contributed by atoms with Crippen molar-refractivity contribution in [1.82, 2.24) is 14.2 Å². The van der Waals surface area contributed by atoms with E-state index >= 15 is 0 Å². The predicted octanol–water partition coefficient (Wildman–Crippen LogP) is 3.55. The van der Waals surface area contributed by atoms with Gasteiger partial charge in [0, 0.05) is 25.8 Å². The quantitative estimate of drug-likeness (QED) is 0.549. The maximum atomic E-state index is 12.9. The zero-order valence-electron chi connectivity index (χ0n) is 16.6. The first kappa shape index (κ1) is 23.6. The second-order valence-corrected chi connectivity index (χ2v) is 10.0. The maximum absolute atomic E-state index is 12.9. The first-order valence-electron chi connectivity index (χ1n) is 9.62. The molecule has 0 aliphatic carbocycles. The van der Waals surface area contributed by atoms with Crippen LogP contribution in [0.3, 0.4) is 0 Å². The molecule has 2 heterocycles. The highest BCUT2D eigenvalue weighted by molar-refractivity contribution is 7.99. The number of thioether (sulfide) groups is 1. The molecule has 1 aromatic heterocycles. The van der Waals surface area contributed by atoms with Gasteiger partial charge >= 0.3 is 6.18 Å². The Hall–Kier alpha value is -2.11. The number of sulfonamides is 1. The number of hydrogen-bond acceptors (Lipinski definition) is 5. The molecule has 0 radical (unpaired) electrons. The summed E-state index contributed by atoms with van der Waals surface area (Å²) >= 11 is 0.967. The molecule has 168 valence electrons. The van der Waals surface area contributed by atoms with Crippen LogP contribution in [0.25, 0.3) is 0 Å². The molecule has 0 N–H and O–H groups in total. The van der Waals surface area contributed by atoms with Crippen LogP contribution in [0.5, 0.6) is 0 Å². The summed E-state index contributed by atoms with van der Waals surface area (Å²) in [5.41, 5.74) is 0.597. The van der Waals surface area contributed by atoms with Crippen molar-refractivity contribution in [3.8, 4) is 0 Å². The summed E-state index contributed by atoms with van der Waals surface area (Å²) in [6.45, 7) is -0.546. The van der Waals surface area contributed by atoms with Crippen LogP contribution in [0.15, 0.2) is 58.6 Å². The van der Waals surface area contributed by atoms with Crippen LogP contribution in [-0.2, 0) is 21.4 Å². The van der Waals surface area contributed by atoms with Gasteiger partial charge in [-0.1, -0.05) is 42.1 Å². The van der Waals surface area contributed by atoms with Crippen molar-refractivity contribution in [3.05, 3.63) is 54.2 Å². The molecule has 31 heavy (non-hydrogen) atoms. The molecule has 0 saturated carbocycles. The molecule has 1 saturated heterocycles. The maximum Gasteiger partial charge on any atom is 0.406 e. The van der Waals surface area contributed by atoms with E-state index in [4.69, 9.17) is 0 Å². The van der Waals surface area contributed by atoms with Gasteiger partial charge in [0.2, 0.25) is 15.9 Å². The standard InChI is InChI=1S/C20H22F3N3O3S2/c21-20(22,23)15-25(13-16-6-2-1-3-7-16)19(27)14-30-18-9-8-17(12-24-18)31(28,29)26-10-4-5-11-26/h1-3,6-9,12H,4-5,10-11,13-15H2. The number of carbonyl (C=O) groups is 1. The lowest BCUT2D eigenvalue weighted by Crippen LogP contribution is -2.39. The summed E-state index contributed by atoms with van der Waals surface area (Å²) in [6.07, 6.45) is -1.66. The zero-order chi connectivity index (χ0) is 22.5. The molecule has 0 atom stereocenters. The number of nitrogens with zero attached hydrogens (tertiary/aromatic N) is 3. The van der Waals surface area contributed by atoms with Crippen molar-refractivity contribution in [3.63, 3.8) is 0 Å². The number of benzene rings is 1. The normalized spacial score (nSPS) is 15.2. The summed E-state index contributed by atoms with van der Waals surface area (Å²) in [5, 5.41) is 0.361. The molecule has 3 rings (SSSR count). The lowest BCUT2D eigenvalue weighted by molar-refractivity contribution is -0.160. The molecular weight excluding hydrogens is 451 g/mol. The molecular formula is C20H22F3N3O3S2. The van der Waals surface area contributed by atoms with Gasteiger partial charge in [-0.15, -0.1) is 0 Å². The van der Waals surface area contributed by atoms with Crippen LogP contribution >= 0.6 is 11.8 Å². The fourth-order valence-electron chi connectivity index (χ4n) is 3.16. The molecule has 1 aliphatic heterocycles. The Morgan fingerprint density at radius 3 is 2.35 bits per heavy atom. The van der Waals surface area contributed by atoms with Crippen LogP contribution in [0.4, 0.5) is 13.2 Å². The first-order valence-corrected chi connectivity index (χ1v) is 12.1. The van der Waals surface area contributed by atoms with Crippen molar-refractivity contribution < 1.29 is 26.4 Å². The van der Waals surface area contributed by atoms with Gasteiger partial charge in [-0.2, -0.15) is 17.5 Å². The smallest absolute Gasteiger partial charge is 0.329 e. The lowest BCUT2D eigenvalue weighted by atomic mass is 10.2. The largest absolute Gasteiger partial charge is 0.406 e. The number of rotatable bonds is 8. The van der Waals surface area contributed by atoms with E-state index in [0.29, 0.717) is 23.7 Å². The summed E-state index contributed by atoms with van der Waals surface area (Å²) in [5.74, 6) is -0.921. The Bertz CT molecular complexity index is 978. The number of aromatic nitrogens is 1. The summed E-state index contributed by atoms with van der Waals surface area (Å²) < 4.78 is 65.3. The Labute approximate surface area is 183 Å². The third-order valence-electron chi connectivity index (χ3n) is 4.69. The van der Waals surface area contributed by atoms with Crippen molar-refractivity contribution in [2.75, 3.05) is 25.4 Å². The molecule has 1 aromatic carbocycles. The molecule has 1 amide bonds. The minimum atomic E-state index is -4.51. The number of carbonyl (C=O) groups excluding carboxylic acids is 1. The van der Waals surface area contributed by atoms with Crippen molar-refractivity contribution in [2.45, 2.75) is 35.5 Å². The number of halogens is 3. The Balaban J connectivity index is 1.63. The van der Waals surface area contributed by atoms with Crippen LogP contribution < -0.4 is 0 Å². The van der Waals surface area contributed by atoms with Crippen molar-refractivity contribution >= 4 is 27.7 Å². The van der Waals surface area contributed by atoms with Gasteiger partial charge < -0.3 is 4.90 Å². The van der Waals surface area contributed by atoms with Gasteiger partial charge in [0.25, 0.3) is 0 Å². The molecule has 1 aliphatic rings. The van der Waals surface area contributed by atoms with E-state index in [1.165, 1.54) is 22.6 Å². The number of alkyl halides is 3. The lowest BCUT2D eigenvalue weighted by Gasteiger charge is -2.24. The van der Waals surface area contributed by atoms with E-state index < -0.39 is 28.7 Å². The van der Waals surface area contributed by atoms with Gasteiger partial charge in [-0.25, -0.2) is 13.4 Å². The van der Waals surface area contributed by atoms with Crippen LogP contribution in [-0.4, -0.2) is 60.1 Å². The topological polar surface area (TPSA) is 70.6 Å². The van der Waals surface area contributed by atoms with Crippen molar-refractivity contribution in [2.24, 2.45) is 0 Å². The zero-order valence-corrected chi connectivity index (χ0v) is 18.2. The average Bonchev–Trinajstić information content (AvgIpc) is 3.27. The Morgan fingerprint density at radius 1 is 1.10 bits per heavy atom. The van der Waals surface area contributed by atoms with Gasteiger partial charge in [0.15, 0.2) is 0 Å². The van der Waals surface area contributed by atoms with E-state index in [1.807, 2.05) is 0 Å². The highest BCUT2D eigenvalue weighted by atomic mass is 32.2. The molecule has 6 nitrogen and oxygen atoms in total. The fourth-order valence-corrected chi connectivity index (χ4v) is 5.37. The monoisotopic (exact) mass is 473 g/mol. The van der Waals surface area contributed by atoms with E-state index in [-0.39, 0.29) is 17.2 Å². The fraction of sp³-hybridized carbons (Fsp3) is 0.400. The number of amides is 1. The highest BCUT2D eigenvalue weighted by Crippen LogP contribution is 2.24. The third kappa shape index (κ3) is 6.68. The Kier molecular flexibility index (Phi) is 7.60. The molecule has 0 spiro atoms. The van der Waals surface area contributed by atoms with Crippen LogP contribution in [0, 0.1) is 0 Å². The summed E-state index contributed by atoms with van der Waals surface area (Å²) in [4.78, 5) is 17.4. The second-order valence-electron chi connectivity index (χ2n) is 7.08. The van der Waals surface area contributed by atoms with Gasteiger partial charge in [0.05, 0.1) is 10.8 Å². The third-order valence-corrected chi connectivity index (χ3v) is 7.51. The van der Waals surface area contributed by atoms with Gasteiger partial charge in [0.1, 0.15) is 11.4 Å². The SMILES string of the molecule is O=C(CSc1ccc(S(=O)(=O)N2CCCC2)cn1)N(Cc1ccccc1)CC(F)(F)F. The summed E-state index contributed by atoms with van der Waals surface area (Å²) in [7, 11) is -3.59. The minimum absolute atomic E-state index is 0.0628. The highest BCUT2D eigenvalue weighted by Gasteiger charge is 2.33. The van der Waals surface area contributed by atoms with E-state index in [1.54, 1.807) is 30.3 Å². The first-order chi connectivity index (χ1) is 14.6. The van der Waals surface area contributed by atoms with E-state index in [2.05, 4.69) is 4.98 Å². The minimum Gasteiger partial charge on any atom is -0.329 e.